The SMILES string of the molecule is C[C@]12CC[C@@H](O)C[C@@H]1CC[C@@H]1[C@@H]2CC[C@]2(C)/C(=N\OCC(=O)CCCc3cc(=O)oc4c5c6c(cc34)CCCN6CCC5)CC[C@@H]12. The lowest BCUT2D eigenvalue weighted by molar-refractivity contribution is -0.123. The molecule has 2 aliphatic heterocycles. The Labute approximate surface area is 273 Å². The number of fused-ring (bicyclic) bond motifs is 7. The van der Waals surface area contributed by atoms with Crippen molar-refractivity contribution in [1.82, 2.24) is 0 Å². The van der Waals surface area contributed by atoms with Crippen LogP contribution in [0.1, 0.15) is 114 Å². The van der Waals surface area contributed by atoms with Gasteiger partial charge in [0.15, 0.2) is 12.4 Å². The minimum absolute atomic E-state index is 0.0174. The van der Waals surface area contributed by atoms with Crippen LogP contribution in [0.4, 0.5) is 5.69 Å². The lowest BCUT2D eigenvalue weighted by atomic mass is 9.45. The first-order valence-electron chi connectivity index (χ1n) is 18.5. The molecular weight excluding hydrogens is 576 g/mol. The van der Waals surface area contributed by atoms with E-state index in [2.05, 4.69) is 30.0 Å². The van der Waals surface area contributed by atoms with Crippen molar-refractivity contribution < 1.29 is 19.2 Å². The summed E-state index contributed by atoms with van der Waals surface area (Å²) in [7, 11) is 0. The summed E-state index contributed by atoms with van der Waals surface area (Å²) in [5, 5.41) is 16.1. The first kappa shape index (κ1) is 30.7. The molecule has 7 nitrogen and oxygen atoms in total. The van der Waals surface area contributed by atoms with Crippen molar-refractivity contribution in [2.24, 2.45) is 39.7 Å². The molecule has 0 amide bonds. The van der Waals surface area contributed by atoms with E-state index < -0.39 is 0 Å². The molecule has 248 valence electrons. The van der Waals surface area contributed by atoms with E-state index >= 15 is 0 Å². The Morgan fingerprint density at radius 1 is 1.04 bits per heavy atom. The summed E-state index contributed by atoms with van der Waals surface area (Å²) in [6.07, 6.45) is 16.2. The number of ketones is 1. The standard InChI is InChI=1S/C39H52N2O5/c1-38-16-14-27(42)22-26(38)10-11-29-32-12-13-34(39(32,2)17-15-33(29)38)40-45-23-28(43)8-3-6-24-21-35(44)46-37-30-9-5-19-41-18-4-7-25(36(30)41)20-31(24)37/h20-21,26-27,29,32-33,42H,3-19,22-23H2,1-2H3/b40-34-/t26-,27+,29-,32-,33-,38-,39-/m0/s1. The van der Waals surface area contributed by atoms with Gasteiger partial charge in [0.05, 0.1) is 11.8 Å². The number of anilines is 1. The van der Waals surface area contributed by atoms with Crippen LogP contribution in [-0.2, 0) is 28.9 Å². The predicted molar refractivity (Wildman–Crippen MR) is 180 cm³/mol. The number of carbonyl (C=O) groups excluding carboxylic acids is 1. The maximum atomic E-state index is 12.9. The molecule has 7 atom stereocenters. The van der Waals surface area contributed by atoms with Gasteiger partial charge < -0.3 is 19.3 Å². The van der Waals surface area contributed by atoms with E-state index in [4.69, 9.17) is 9.25 Å². The molecule has 0 saturated heterocycles. The second kappa shape index (κ2) is 11.8. The van der Waals surface area contributed by atoms with Gasteiger partial charge in [-0.2, -0.15) is 0 Å². The molecule has 46 heavy (non-hydrogen) atoms. The summed E-state index contributed by atoms with van der Waals surface area (Å²) in [6, 6.07) is 3.88. The first-order chi connectivity index (χ1) is 22.2. The molecule has 0 bridgehead atoms. The van der Waals surface area contributed by atoms with Gasteiger partial charge >= 0.3 is 5.63 Å². The average molecular weight is 629 g/mol. The lowest BCUT2D eigenvalue weighted by Crippen LogP contribution is -2.54. The van der Waals surface area contributed by atoms with Crippen molar-refractivity contribution in [3.8, 4) is 0 Å². The summed E-state index contributed by atoms with van der Waals surface area (Å²) >= 11 is 0. The molecule has 8 rings (SSSR count). The van der Waals surface area contributed by atoms with Crippen LogP contribution in [-0.4, -0.2) is 42.4 Å². The van der Waals surface area contributed by atoms with E-state index in [0.717, 1.165) is 92.8 Å². The van der Waals surface area contributed by atoms with E-state index in [1.54, 1.807) is 6.07 Å². The number of hydrogen-bond donors (Lipinski definition) is 1. The quantitative estimate of drug-likeness (QED) is 0.258. The van der Waals surface area contributed by atoms with Crippen molar-refractivity contribution in [3.63, 3.8) is 0 Å². The molecular formula is C39H52N2O5. The zero-order chi connectivity index (χ0) is 31.6. The van der Waals surface area contributed by atoms with Gasteiger partial charge in [-0.15, -0.1) is 0 Å². The number of hydrogen-bond acceptors (Lipinski definition) is 7. The number of benzene rings is 1. The van der Waals surface area contributed by atoms with Gasteiger partial charge in [-0.25, -0.2) is 4.79 Å². The fraction of sp³-hybridized carbons (Fsp3) is 0.718. The van der Waals surface area contributed by atoms with Crippen molar-refractivity contribution in [2.75, 3.05) is 24.6 Å². The van der Waals surface area contributed by atoms with E-state index in [9.17, 15) is 14.7 Å². The second-order valence-electron chi connectivity index (χ2n) is 16.3. The fourth-order valence-corrected chi connectivity index (χ4v) is 11.6. The molecule has 0 unspecified atom stereocenters. The van der Waals surface area contributed by atoms with E-state index in [1.807, 2.05) is 0 Å². The molecule has 4 saturated carbocycles. The monoisotopic (exact) mass is 628 g/mol. The highest BCUT2D eigenvalue weighted by Crippen LogP contribution is 2.65. The van der Waals surface area contributed by atoms with E-state index in [-0.39, 0.29) is 29.5 Å². The molecule has 2 aromatic rings. The van der Waals surface area contributed by atoms with Gasteiger partial charge in [0.1, 0.15) is 5.58 Å². The van der Waals surface area contributed by atoms with Crippen LogP contribution >= 0.6 is 0 Å². The van der Waals surface area contributed by atoms with Gasteiger partial charge in [0, 0.05) is 47.6 Å². The minimum Gasteiger partial charge on any atom is -0.422 e. The molecule has 0 radical (unpaired) electrons. The van der Waals surface area contributed by atoms with Crippen LogP contribution in [0.25, 0.3) is 11.0 Å². The van der Waals surface area contributed by atoms with E-state index in [1.165, 1.54) is 54.6 Å². The smallest absolute Gasteiger partial charge is 0.336 e. The lowest BCUT2D eigenvalue weighted by Gasteiger charge is -2.60. The minimum atomic E-state index is -0.297. The molecule has 4 fully saturated rings. The van der Waals surface area contributed by atoms with Crippen LogP contribution in [0.2, 0.25) is 0 Å². The predicted octanol–water partition coefficient (Wildman–Crippen LogP) is 7.16. The Bertz CT molecular complexity index is 1610. The third-order valence-electron chi connectivity index (χ3n) is 14.0. The summed E-state index contributed by atoms with van der Waals surface area (Å²) in [5.41, 5.74) is 6.96. The largest absolute Gasteiger partial charge is 0.422 e. The number of nitrogens with zero attached hydrogens (tertiary/aromatic N) is 2. The molecule has 7 heteroatoms. The van der Waals surface area contributed by atoms with Gasteiger partial charge in [-0.1, -0.05) is 19.0 Å². The molecule has 3 heterocycles. The number of aryl methyl sites for hydroxylation is 3. The normalized spacial score (nSPS) is 35.8. The zero-order valence-electron chi connectivity index (χ0n) is 28.0. The Balaban J connectivity index is 0.888. The number of aliphatic hydroxyl groups excluding tert-OH is 1. The molecule has 6 aliphatic rings. The summed E-state index contributed by atoms with van der Waals surface area (Å²) in [6.45, 7) is 7.13. The maximum Gasteiger partial charge on any atom is 0.336 e. The number of oxime groups is 1. The van der Waals surface area contributed by atoms with Crippen LogP contribution in [0.5, 0.6) is 0 Å². The highest BCUT2D eigenvalue weighted by atomic mass is 16.6. The Kier molecular flexibility index (Phi) is 7.85. The molecule has 1 N–H and O–H groups in total. The van der Waals surface area contributed by atoms with Crippen LogP contribution in [0.3, 0.4) is 0 Å². The van der Waals surface area contributed by atoms with Crippen molar-refractivity contribution in [1.29, 1.82) is 0 Å². The second-order valence-corrected chi connectivity index (χ2v) is 16.3. The maximum absolute atomic E-state index is 12.9. The van der Waals surface area contributed by atoms with Crippen molar-refractivity contribution in [2.45, 2.75) is 123 Å². The third kappa shape index (κ3) is 5.05. The number of rotatable bonds is 7. The topological polar surface area (TPSA) is 92.3 Å². The number of aliphatic hydroxyl groups is 1. The first-order valence-corrected chi connectivity index (χ1v) is 18.5. The highest BCUT2D eigenvalue weighted by Gasteiger charge is 2.59. The molecule has 4 aliphatic carbocycles. The van der Waals surface area contributed by atoms with Gasteiger partial charge in [0.25, 0.3) is 0 Å². The van der Waals surface area contributed by atoms with E-state index in [0.29, 0.717) is 36.5 Å². The summed E-state index contributed by atoms with van der Waals surface area (Å²) < 4.78 is 5.82. The molecule has 0 spiro atoms. The number of Topliss-reactive ketones (excluding diaryl/α,β-unsaturated/α-hetero) is 1. The average Bonchev–Trinajstić information content (AvgIpc) is 3.38. The zero-order valence-corrected chi connectivity index (χ0v) is 28.0. The fourth-order valence-electron chi connectivity index (χ4n) is 11.6. The highest BCUT2D eigenvalue weighted by molar-refractivity contribution is 5.92. The van der Waals surface area contributed by atoms with Crippen LogP contribution in [0, 0.1) is 34.5 Å². The van der Waals surface area contributed by atoms with Crippen LogP contribution in [0.15, 0.2) is 26.5 Å². The Hall–Kier alpha value is -2.67. The summed E-state index contributed by atoms with van der Waals surface area (Å²) in [5.74, 6) is 2.89. The van der Waals surface area contributed by atoms with Crippen LogP contribution < -0.4 is 10.5 Å². The molecule has 1 aromatic carbocycles. The van der Waals surface area contributed by atoms with Gasteiger partial charge in [0.2, 0.25) is 0 Å². The number of carbonyl (C=O) groups is 1. The van der Waals surface area contributed by atoms with Gasteiger partial charge in [-0.05, 0) is 143 Å². The Morgan fingerprint density at radius 3 is 2.76 bits per heavy atom. The van der Waals surface area contributed by atoms with Crippen molar-refractivity contribution in [3.05, 3.63) is 39.2 Å². The third-order valence-corrected chi connectivity index (χ3v) is 14.0. The molecule has 1 aromatic heterocycles. The van der Waals surface area contributed by atoms with Gasteiger partial charge in [-0.3, -0.25) is 4.79 Å². The Morgan fingerprint density at radius 2 is 1.89 bits per heavy atom. The summed E-state index contributed by atoms with van der Waals surface area (Å²) in [4.78, 5) is 33.8. The van der Waals surface area contributed by atoms with Crippen molar-refractivity contribution >= 4 is 28.2 Å².